The largest absolute Gasteiger partial charge is 0.551 e. The molecule has 1 saturated heterocycles. The summed E-state index contributed by atoms with van der Waals surface area (Å²) >= 11 is 0. The number of hydrogen-bond acceptors (Lipinski definition) is 2. The van der Waals surface area contributed by atoms with E-state index in [9.17, 15) is 0 Å². The Balaban J connectivity index is 0.000000567. The van der Waals surface area contributed by atoms with Gasteiger partial charge in [-0.3, -0.25) is 0 Å². The molecule has 1 heterocycles. The van der Waals surface area contributed by atoms with Crippen LogP contribution in [0.3, 0.4) is 0 Å². The molecule has 1 rings (SSSR count). The second-order valence-electron chi connectivity index (χ2n) is 8.50. The van der Waals surface area contributed by atoms with Crippen molar-refractivity contribution in [2.45, 2.75) is 80.4 Å². The lowest BCUT2D eigenvalue weighted by molar-refractivity contribution is 0.00578. The van der Waals surface area contributed by atoms with Crippen molar-refractivity contribution in [3.8, 4) is 24.1 Å². The Kier molecular flexibility index (Phi) is 6.20. The van der Waals surface area contributed by atoms with Crippen LogP contribution in [0.5, 0.6) is 0 Å². The fraction of sp³-hybridized carbons (Fsp3) is 0.778. The second-order valence-corrected chi connectivity index (χ2v) is 8.50. The van der Waals surface area contributed by atoms with Gasteiger partial charge in [-0.05, 0) is 69.2 Å². The molecule has 0 N–H and O–H groups in total. The third kappa shape index (κ3) is 7.61. The average Bonchev–Trinajstić information content (AvgIpc) is 2.44. The molecule has 0 spiro atoms. The monoisotopic (exact) mass is 290 g/mol. The van der Waals surface area contributed by atoms with Gasteiger partial charge in [0.15, 0.2) is 0 Å². The molecule has 0 radical (unpaired) electrons. The molecule has 3 heteroatoms. The van der Waals surface area contributed by atoms with Crippen LogP contribution in [-0.2, 0) is 9.31 Å². The average molecular weight is 290 g/mol. The molecule has 0 aromatic rings. The van der Waals surface area contributed by atoms with Gasteiger partial charge in [0, 0.05) is 10.8 Å². The van der Waals surface area contributed by atoms with Crippen LogP contribution in [0.25, 0.3) is 0 Å². The van der Waals surface area contributed by atoms with Crippen LogP contribution in [0, 0.1) is 34.9 Å². The first-order valence-corrected chi connectivity index (χ1v) is 7.46. The van der Waals surface area contributed by atoms with E-state index >= 15 is 0 Å². The summed E-state index contributed by atoms with van der Waals surface area (Å²) in [4.78, 5) is 0. The minimum atomic E-state index is -0.394. The Morgan fingerprint density at radius 1 is 0.810 bits per heavy atom. The topological polar surface area (TPSA) is 18.5 Å². The first-order valence-electron chi connectivity index (χ1n) is 7.46. The Labute approximate surface area is 132 Å². The van der Waals surface area contributed by atoms with E-state index in [0.29, 0.717) is 0 Å². The van der Waals surface area contributed by atoms with E-state index in [0.717, 1.165) is 0 Å². The normalized spacial score (nSPS) is 19.8. The molecule has 0 aliphatic carbocycles. The zero-order valence-corrected chi connectivity index (χ0v) is 15.5. The SMILES string of the molecule is C#CC(C)(C)C.CC(C)(C)C#CB1OC(C)(C)C(C)(C)O1. The molecule has 0 amide bonds. The summed E-state index contributed by atoms with van der Waals surface area (Å²) in [5.74, 6) is 8.78. The molecular weight excluding hydrogens is 259 g/mol. The summed E-state index contributed by atoms with van der Waals surface area (Å²) in [6.07, 6.45) is 5.06. The highest BCUT2D eigenvalue weighted by molar-refractivity contribution is 6.55. The van der Waals surface area contributed by atoms with Crippen LogP contribution in [0.15, 0.2) is 0 Å². The van der Waals surface area contributed by atoms with Gasteiger partial charge in [0.05, 0.1) is 11.2 Å². The highest BCUT2D eigenvalue weighted by Gasteiger charge is 2.50. The highest BCUT2D eigenvalue weighted by atomic mass is 16.7. The smallest absolute Gasteiger partial charge is 0.392 e. The fourth-order valence-corrected chi connectivity index (χ4v) is 1.18. The lowest BCUT2D eigenvalue weighted by Gasteiger charge is -2.32. The van der Waals surface area contributed by atoms with Crippen molar-refractivity contribution in [1.82, 2.24) is 0 Å². The van der Waals surface area contributed by atoms with Crippen molar-refractivity contribution < 1.29 is 9.31 Å². The quantitative estimate of drug-likeness (QED) is 0.488. The van der Waals surface area contributed by atoms with Crippen LogP contribution >= 0.6 is 0 Å². The summed E-state index contributed by atoms with van der Waals surface area (Å²) in [5.41, 5.74) is -0.516. The number of hydrogen-bond donors (Lipinski definition) is 0. The molecule has 0 atom stereocenters. The molecule has 21 heavy (non-hydrogen) atoms. The standard InChI is InChI=1S/C12H21BO2.C6H10/c1-10(2,3)8-9-13-14-11(4,5)12(6,7)15-13;1-5-6(2,3)4/h1-7H3;1H,2-4H3. The van der Waals surface area contributed by atoms with Crippen LogP contribution in [-0.4, -0.2) is 18.3 Å². The lowest BCUT2D eigenvalue weighted by Crippen LogP contribution is -2.41. The Morgan fingerprint density at radius 3 is 1.38 bits per heavy atom. The summed E-state index contributed by atoms with van der Waals surface area (Å²) in [5, 5.41) is 0. The number of rotatable bonds is 0. The first-order chi connectivity index (χ1) is 9.10. The maximum absolute atomic E-state index is 5.76. The fourth-order valence-electron chi connectivity index (χ4n) is 1.18. The van der Waals surface area contributed by atoms with Crippen molar-refractivity contribution in [3.63, 3.8) is 0 Å². The van der Waals surface area contributed by atoms with E-state index in [1.807, 2.05) is 48.5 Å². The van der Waals surface area contributed by atoms with E-state index in [2.05, 4.69) is 38.4 Å². The van der Waals surface area contributed by atoms with Gasteiger partial charge in [-0.1, -0.05) is 5.82 Å². The van der Waals surface area contributed by atoms with E-state index < -0.39 is 7.12 Å². The maximum Gasteiger partial charge on any atom is 0.551 e. The first kappa shape index (κ1) is 20.1. The summed E-state index contributed by atoms with van der Waals surface area (Å²) < 4.78 is 11.5. The Morgan fingerprint density at radius 2 is 1.14 bits per heavy atom. The summed E-state index contributed by atoms with van der Waals surface area (Å²) in [7, 11) is -0.394. The van der Waals surface area contributed by atoms with Gasteiger partial charge in [0.25, 0.3) is 0 Å². The molecule has 0 aromatic carbocycles. The van der Waals surface area contributed by atoms with Gasteiger partial charge in [0.2, 0.25) is 0 Å². The molecule has 0 saturated carbocycles. The Hall–Kier alpha value is -0.895. The molecular formula is C18H31BO2. The lowest BCUT2D eigenvalue weighted by atomic mass is 9.87. The van der Waals surface area contributed by atoms with Crippen LogP contribution in [0.2, 0.25) is 0 Å². The van der Waals surface area contributed by atoms with Crippen molar-refractivity contribution >= 4 is 7.12 Å². The third-order valence-corrected chi connectivity index (χ3v) is 3.25. The van der Waals surface area contributed by atoms with Crippen molar-refractivity contribution in [2.75, 3.05) is 0 Å². The summed E-state index contributed by atoms with van der Waals surface area (Å²) in [6, 6.07) is 0. The molecule has 0 bridgehead atoms. The van der Waals surface area contributed by atoms with Crippen LogP contribution < -0.4 is 0 Å². The van der Waals surface area contributed by atoms with Gasteiger partial charge in [-0.15, -0.1) is 18.3 Å². The van der Waals surface area contributed by atoms with Crippen LogP contribution in [0.4, 0.5) is 0 Å². The summed E-state index contributed by atoms with van der Waals surface area (Å²) in [6.45, 7) is 20.4. The third-order valence-electron chi connectivity index (χ3n) is 3.25. The molecule has 1 aliphatic heterocycles. The van der Waals surface area contributed by atoms with E-state index in [4.69, 9.17) is 15.7 Å². The Bertz CT molecular complexity index is 429. The predicted octanol–water partition coefficient (Wildman–Crippen LogP) is 4.33. The molecule has 0 aromatic heterocycles. The van der Waals surface area contributed by atoms with Crippen molar-refractivity contribution in [1.29, 1.82) is 0 Å². The number of terminal acetylenes is 1. The van der Waals surface area contributed by atoms with Crippen LogP contribution in [0.1, 0.15) is 69.2 Å². The molecule has 1 aliphatic rings. The predicted molar refractivity (Wildman–Crippen MR) is 91.6 cm³/mol. The maximum atomic E-state index is 5.76. The minimum absolute atomic E-state index is 0.0103. The minimum Gasteiger partial charge on any atom is -0.392 e. The zero-order valence-electron chi connectivity index (χ0n) is 15.5. The second kappa shape index (κ2) is 6.47. The van der Waals surface area contributed by atoms with Gasteiger partial charge < -0.3 is 9.31 Å². The highest BCUT2D eigenvalue weighted by Crippen LogP contribution is 2.36. The van der Waals surface area contributed by atoms with Crippen molar-refractivity contribution in [2.24, 2.45) is 10.8 Å². The molecule has 2 nitrogen and oxygen atoms in total. The van der Waals surface area contributed by atoms with Gasteiger partial charge >= 0.3 is 7.12 Å². The zero-order chi connectivity index (χ0) is 17.1. The molecule has 118 valence electrons. The van der Waals surface area contributed by atoms with E-state index in [-0.39, 0.29) is 22.0 Å². The van der Waals surface area contributed by atoms with E-state index in [1.165, 1.54) is 0 Å². The van der Waals surface area contributed by atoms with E-state index in [1.54, 1.807) is 0 Å². The molecule has 0 unspecified atom stereocenters. The van der Waals surface area contributed by atoms with Crippen molar-refractivity contribution in [3.05, 3.63) is 0 Å². The van der Waals surface area contributed by atoms with Gasteiger partial charge in [-0.25, -0.2) is 0 Å². The molecule has 1 fully saturated rings. The van der Waals surface area contributed by atoms with Gasteiger partial charge in [0.1, 0.15) is 0 Å². The van der Waals surface area contributed by atoms with Gasteiger partial charge in [-0.2, -0.15) is 0 Å².